The van der Waals surface area contributed by atoms with Gasteiger partial charge in [0.1, 0.15) is 0 Å². The third kappa shape index (κ3) is 7.08. The van der Waals surface area contributed by atoms with Crippen LogP contribution in [0.3, 0.4) is 0 Å². The molecule has 1 aliphatic carbocycles. The quantitative estimate of drug-likeness (QED) is 0.594. The van der Waals surface area contributed by atoms with E-state index in [9.17, 15) is 0 Å². The fourth-order valence-corrected chi connectivity index (χ4v) is 3.13. The third-order valence-corrected chi connectivity index (χ3v) is 4.20. The van der Waals surface area contributed by atoms with Crippen LogP contribution < -0.4 is 5.32 Å². The van der Waals surface area contributed by atoms with E-state index in [4.69, 9.17) is 0 Å². The van der Waals surface area contributed by atoms with E-state index in [0.29, 0.717) is 0 Å². The van der Waals surface area contributed by atoms with E-state index in [1.165, 1.54) is 64.2 Å². The zero-order chi connectivity index (χ0) is 12.5. The molecule has 1 aliphatic rings. The number of rotatable bonds is 8. The molecule has 0 aromatic carbocycles. The van der Waals surface area contributed by atoms with Crippen LogP contribution in [0.1, 0.15) is 85.0 Å². The van der Waals surface area contributed by atoms with Crippen LogP contribution in [0.15, 0.2) is 0 Å². The van der Waals surface area contributed by atoms with Crippen LogP contribution in [-0.2, 0) is 0 Å². The normalized spacial score (nSPS) is 27.0. The summed E-state index contributed by atoms with van der Waals surface area (Å²) in [5, 5.41) is 3.84. The highest BCUT2D eigenvalue weighted by molar-refractivity contribution is 4.78. The molecule has 1 rings (SSSR count). The fourth-order valence-electron chi connectivity index (χ4n) is 3.13. The number of hydrogen-bond acceptors (Lipinski definition) is 1. The molecular weight excluding hydrogens is 206 g/mol. The molecule has 102 valence electrons. The van der Waals surface area contributed by atoms with Gasteiger partial charge in [-0.3, -0.25) is 0 Å². The molecule has 0 aromatic rings. The Labute approximate surface area is 109 Å². The molecule has 0 radical (unpaired) electrons. The van der Waals surface area contributed by atoms with Gasteiger partial charge in [-0.1, -0.05) is 58.8 Å². The summed E-state index contributed by atoms with van der Waals surface area (Å²) < 4.78 is 0. The highest BCUT2D eigenvalue weighted by atomic mass is 14.9. The molecule has 0 amide bonds. The molecule has 3 atom stereocenters. The smallest absolute Gasteiger partial charge is 0.00720 e. The molecule has 0 aliphatic heterocycles. The lowest BCUT2D eigenvalue weighted by molar-refractivity contribution is 0.278. The van der Waals surface area contributed by atoms with E-state index >= 15 is 0 Å². The maximum absolute atomic E-state index is 3.84. The molecule has 0 spiro atoms. The van der Waals surface area contributed by atoms with Gasteiger partial charge in [0, 0.05) is 12.1 Å². The Balaban J connectivity index is 2.01. The molecule has 0 bridgehead atoms. The summed E-state index contributed by atoms with van der Waals surface area (Å²) in [5.74, 6) is 0.943. The SMILES string of the molecule is CCCCCCCC(C)NC1CCCC(C)C1. The van der Waals surface area contributed by atoms with E-state index < -0.39 is 0 Å². The first-order valence-corrected chi connectivity index (χ1v) is 7.98. The van der Waals surface area contributed by atoms with Crippen molar-refractivity contribution in [3.05, 3.63) is 0 Å². The molecule has 17 heavy (non-hydrogen) atoms. The summed E-state index contributed by atoms with van der Waals surface area (Å²) in [5.41, 5.74) is 0. The third-order valence-electron chi connectivity index (χ3n) is 4.20. The molecule has 1 saturated carbocycles. The summed E-state index contributed by atoms with van der Waals surface area (Å²) in [4.78, 5) is 0. The highest BCUT2D eigenvalue weighted by Gasteiger charge is 2.19. The first-order chi connectivity index (χ1) is 8.22. The number of nitrogens with one attached hydrogen (secondary N) is 1. The van der Waals surface area contributed by atoms with Crippen LogP contribution in [0.2, 0.25) is 0 Å². The van der Waals surface area contributed by atoms with Gasteiger partial charge in [-0.05, 0) is 32.1 Å². The van der Waals surface area contributed by atoms with Gasteiger partial charge in [-0.25, -0.2) is 0 Å². The second kappa shape index (κ2) is 8.97. The van der Waals surface area contributed by atoms with Crippen molar-refractivity contribution in [2.45, 2.75) is 97.1 Å². The first-order valence-electron chi connectivity index (χ1n) is 7.98. The molecule has 0 aromatic heterocycles. The molecule has 1 heteroatoms. The Morgan fingerprint density at radius 2 is 1.88 bits per heavy atom. The maximum Gasteiger partial charge on any atom is 0.00720 e. The van der Waals surface area contributed by atoms with E-state index in [-0.39, 0.29) is 0 Å². The lowest BCUT2D eigenvalue weighted by atomic mass is 9.86. The van der Waals surface area contributed by atoms with Gasteiger partial charge >= 0.3 is 0 Å². The van der Waals surface area contributed by atoms with E-state index in [1.807, 2.05) is 0 Å². The summed E-state index contributed by atoms with van der Waals surface area (Å²) in [6.45, 7) is 7.07. The topological polar surface area (TPSA) is 12.0 Å². The molecule has 0 heterocycles. The van der Waals surface area contributed by atoms with Crippen molar-refractivity contribution in [2.75, 3.05) is 0 Å². The average molecular weight is 239 g/mol. The average Bonchev–Trinajstić information content (AvgIpc) is 2.29. The molecule has 0 saturated heterocycles. The van der Waals surface area contributed by atoms with Gasteiger partial charge < -0.3 is 5.32 Å². The minimum Gasteiger partial charge on any atom is -0.311 e. The van der Waals surface area contributed by atoms with Crippen molar-refractivity contribution >= 4 is 0 Å². The van der Waals surface area contributed by atoms with Crippen LogP contribution >= 0.6 is 0 Å². The van der Waals surface area contributed by atoms with Crippen molar-refractivity contribution in [1.29, 1.82) is 0 Å². The number of hydrogen-bond donors (Lipinski definition) is 1. The van der Waals surface area contributed by atoms with E-state index in [2.05, 4.69) is 26.1 Å². The van der Waals surface area contributed by atoms with Crippen molar-refractivity contribution in [3.63, 3.8) is 0 Å². The predicted octanol–water partition coefficient (Wildman–Crippen LogP) is 4.90. The van der Waals surface area contributed by atoms with Crippen molar-refractivity contribution in [3.8, 4) is 0 Å². The van der Waals surface area contributed by atoms with Crippen LogP contribution in [-0.4, -0.2) is 12.1 Å². The van der Waals surface area contributed by atoms with Gasteiger partial charge in [-0.2, -0.15) is 0 Å². The lowest BCUT2D eigenvalue weighted by Gasteiger charge is -2.30. The van der Waals surface area contributed by atoms with Crippen LogP contribution in [0.25, 0.3) is 0 Å². The Hall–Kier alpha value is -0.0400. The highest BCUT2D eigenvalue weighted by Crippen LogP contribution is 2.24. The van der Waals surface area contributed by atoms with Gasteiger partial charge in [0.25, 0.3) is 0 Å². The van der Waals surface area contributed by atoms with Crippen molar-refractivity contribution < 1.29 is 0 Å². The minimum absolute atomic E-state index is 0.729. The summed E-state index contributed by atoms with van der Waals surface area (Å²) >= 11 is 0. The van der Waals surface area contributed by atoms with Crippen molar-refractivity contribution in [2.24, 2.45) is 5.92 Å². The van der Waals surface area contributed by atoms with Gasteiger partial charge in [0.05, 0.1) is 0 Å². The lowest BCUT2D eigenvalue weighted by Crippen LogP contribution is -2.39. The van der Waals surface area contributed by atoms with Gasteiger partial charge in [0.2, 0.25) is 0 Å². The second-order valence-corrected chi connectivity index (χ2v) is 6.24. The molecule has 3 unspecified atom stereocenters. The Bertz CT molecular complexity index is 178. The minimum atomic E-state index is 0.729. The zero-order valence-electron chi connectivity index (χ0n) is 12.3. The molecule has 1 N–H and O–H groups in total. The maximum atomic E-state index is 3.84. The van der Waals surface area contributed by atoms with Gasteiger partial charge in [-0.15, -0.1) is 0 Å². The van der Waals surface area contributed by atoms with Gasteiger partial charge in [0.15, 0.2) is 0 Å². The van der Waals surface area contributed by atoms with Crippen LogP contribution in [0.5, 0.6) is 0 Å². The summed E-state index contributed by atoms with van der Waals surface area (Å²) in [6, 6.07) is 1.54. The van der Waals surface area contributed by atoms with Crippen molar-refractivity contribution in [1.82, 2.24) is 5.32 Å². The Morgan fingerprint density at radius 3 is 2.59 bits per heavy atom. The standard InChI is InChI=1S/C16H33N/c1-4-5-6-7-8-11-15(3)17-16-12-9-10-14(2)13-16/h14-17H,4-13H2,1-3H3. The monoisotopic (exact) mass is 239 g/mol. The number of unbranched alkanes of at least 4 members (excludes halogenated alkanes) is 4. The Morgan fingerprint density at radius 1 is 1.12 bits per heavy atom. The molecule has 1 nitrogen and oxygen atoms in total. The van der Waals surface area contributed by atoms with E-state index in [0.717, 1.165) is 18.0 Å². The summed E-state index contributed by atoms with van der Waals surface area (Å²) in [7, 11) is 0. The van der Waals surface area contributed by atoms with Crippen LogP contribution in [0.4, 0.5) is 0 Å². The summed E-state index contributed by atoms with van der Waals surface area (Å²) in [6.07, 6.45) is 14.1. The Kier molecular flexibility index (Phi) is 7.92. The van der Waals surface area contributed by atoms with E-state index in [1.54, 1.807) is 0 Å². The molecule has 1 fully saturated rings. The largest absolute Gasteiger partial charge is 0.311 e. The van der Waals surface area contributed by atoms with Crippen LogP contribution in [0, 0.1) is 5.92 Å². The predicted molar refractivity (Wildman–Crippen MR) is 77.4 cm³/mol. The molecular formula is C16H33N. The first kappa shape index (κ1) is 15.0. The zero-order valence-corrected chi connectivity index (χ0v) is 12.3. The second-order valence-electron chi connectivity index (χ2n) is 6.24. The fraction of sp³-hybridized carbons (Fsp3) is 1.00.